The third-order valence-electron chi connectivity index (χ3n) is 5.39. The fourth-order valence-corrected chi connectivity index (χ4v) is 3.92. The van der Waals surface area contributed by atoms with Crippen LogP contribution in [0.15, 0.2) is 48.9 Å². The molecule has 5 rings (SSSR count). The van der Waals surface area contributed by atoms with Crippen LogP contribution < -0.4 is 9.64 Å². The molecule has 8 heteroatoms. The molecule has 152 valence electrons. The predicted octanol–water partition coefficient (Wildman–Crippen LogP) is 3.32. The van der Waals surface area contributed by atoms with Crippen LogP contribution in [-0.2, 0) is 4.74 Å². The van der Waals surface area contributed by atoms with Crippen molar-refractivity contribution in [3.8, 4) is 28.4 Å². The van der Waals surface area contributed by atoms with Crippen molar-refractivity contribution in [3.63, 3.8) is 0 Å². The quantitative estimate of drug-likeness (QED) is 0.560. The van der Waals surface area contributed by atoms with Crippen molar-refractivity contribution in [3.05, 3.63) is 48.9 Å². The molecular formula is C22H22N6O2. The molecule has 5 heterocycles. The molecule has 8 nitrogen and oxygen atoms in total. The molecule has 0 spiro atoms. The van der Waals surface area contributed by atoms with Crippen molar-refractivity contribution in [2.75, 3.05) is 31.8 Å². The van der Waals surface area contributed by atoms with Gasteiger partial charge in [0.25, 0.3) is 0 Å². The number of aromatic nitrogens is 5. The van der Waals surface area contributed by atoms with Crippen molar-refractivity contribution >= 4 is 16.7 Å². The lowest BCUT2D eigenvalue weighted by Gasteiger charge is -2.34. The van der Waals surface area contributed by atoms with Crippen molar-refractivity contribution < 1.29 is 9.47 Å². The number of rotatable bonds is 4. The van der Waals surface area contributed by atoms with Gasteiger partial charge in [0.05, 0.1) is 32.1 Å². The van der Waals surface area contributed by atoms with Gasteiger partial charge < -0.3 is 14.4 Å². The molecule has 1 N–H and O–H groups in total. The molecule has 30 heavy (non-hydrogen) atoms. The van der Waals surface area contributed by atoms with E-state index in [1.165, 1.54) is 0 Å². The van der Waals surface area contributed by atoms with E-state index >= 15 is 0 Å². The molecule has 1 aliphatic rings. The number of methoxy groups -OCH3 is 1. The molecular weight excluding hydrogens is 380 g/mol. The predicted molar refractivity (Wildman–Crippen MR) is 115 cm³/mol. The highest BCUT2D eigenvalue weighted by molar-refractivity contribution is 6.02. The van der Waals surface area contributed by atoms with Crippen LogP contribution in [-0.4, -0.2) is 58.1 Å². The Morgan fingerprint density at radius 1 is 1.13 bits per heavy atom. The molecule has 1 aliphatic heterocycles. The van der Waals surface area contributed by atoms with Gasteiger partial charge in [0.1, 0.15) is 17.0 Å². The highest BCUT2D eigenvalue weighted by Crippen LogP contribution is 2.38. The first-order chi connectivity index (χ1) is 14.8. The van der Waals surface area contributed by atoms with E-state index in [0.29, 0.717) is 19.1 Å². The minimum atomic E-state index is 0.222. The summed E-state index contributed by atoms with van der Waals surface area (Å²) in [6, 6.07) is 10.1. The maximum Gasteiger partial charge on any atom is 0.221 e. The number of morpholine rings is 1. The maximum absolute atomic E-state index is 5.63. The van der Waals surface area contributed by atoms with Crippen LogP contribution >= 0.6 is 0 Å². The van der Waals surface area contributed by atoms with Crippen LogP contribution in [0.1, 0.15) is 6.92 Å². The SMILES string of the molecule is COc1ncccc1-c1cc(N2CCOC[C@H]2C)nc2c(-c3ccn[nH]3)nccc12. The maximum atomic E-state index is 5.63. The van der Waals surface area contributed by atoms with Crippen LogP contribution in [0.25, 0.3) is 33.4 Å². The van der Waals surface area contributed by atoms with Gasteiger partial charge in [0.15, 0.2) is 0 Å². The number of nitrogens with zero attached hydrogens (tertiary/aromatic N) is 5. The minimum absolute atomic E-state index is 0.222. The van der Waals surface area contributed by atoms with E-state index in [0.717, 1.165) is 45.8 Å². The molecule has 1 atom stereocenters. The van der Waals surface area contributed by atoms with Gasteiger partial charge in [-0.05, 0) is 37.3 Å². The van der Waals surface area contributed by atoms with Gasteiger partial charge in [-0.15, -0.1) is 0 Å². The van der Waals surface area contributed by atoms with E-state index < -0.39 is 0 Å². The van der Waals surface area contributed by atoms with E-state index in [-0.39, 0.29) is 6.04 Å². The number of aromatic amines is 1. The number of hydrogen-bond acceptors (Lipinski definition) is 7. The molecule has 0 amide bonds. The summed E-state index contributed by atoms with van der Waals surface area (Å²) >= 11 is 0. The zero-order chi connectivity index (χ0) is 20.5. The van der Waals surface area contributed by atoms with Crippen LogP contribution in [0.5, 0.6) is 5.88 Å². The lowest BCUT2D eigenvalue weighted by Crippen LogP contribution is -2.44. The fourth-order valence-electron chi connectivity index (χ4n) is 3.92. The number of fused-ring (bicyclic) bond motifs is 1. The van der Waals surface area contributed by atoms with Crippen molar-refractivity contribution in [1.82, 2.24) is 25.1 Å². The first-order valence-electron chi connectivity index (χ1n) is 9.89. The van der Waals surface area contributed by atoms with E-state index in [2.05, 4.69) is 38.1 Å². The van der Waals surface area contributed by atoms with Crippen molar-refractivity contribution in [1.29, 1.82) is 0 Å². The first kappa shape index (κ1) is 18.5. The summed E-state index contributed by atoms with van der Waals surface area (Å²) in [4.78, 5) is 16.3. The standard InChI is InChI=1S/C22H22N6O2/c1-14-13-30-11-10-28(14)19-12-17(16-4-3-7-24-22(16)29-2)15-5-8-23-21(20(15)26-19)18-6-9-25-27-18/h3-9,12,14H,10-11,13H2,1-2H3,(H,25,27)/t14-/m1/s1. The van der Waals surface area contributed by atoms with E-state index in [1.54, 1.807) is 25.7 Å². The summed E-state index contributed by atoms with van der Waals surface area (Å²) in [5, 5.41) is 8.08. The Balaban J connectivity index is 1.80. The van der Waals surface area contributed by atoms with Gasteiger partial charge in [-0.1, -0.05) is 0 Å². The summed E-state index contributed by atoms with van der Waals surface area (Å²) in [6.45, 7) is 4.28. The fraction of sp³-hybridized carbons (Fsp3) is 0.273. The summed E-state index contributed by atoms with van der Waals surface area (Å²) in [7, 11) is 1.64. The molecule has 0 radical (unpaired) electrons. The smallest absolute Gasteiger partial charge is 0.221 e. The lowest BCUT2D eigenvalue weighted by atomic mass is 10.0. The minimum Gasteiger partial charge on any atom is -0.481 e. The van der Waals surface area contributed by atoms with Crippen LogP contribution in [0.3, 0.4) is 0 Å². The van der Waals surface area contributed by atoms with Gasteiger partial charge in [0.2, 0.25) is 5.88 Å². The molecule has 4 aromatic heterocycles. The molecule has 0 aliphatic carbocycles. The lowest BCUT2D eigenvalue weighted by molar-refractivity contribution is 0.0986. The second-order valence-corrected chi connectivity index (χ2v) is 7.23. The monoisotopic (exact) mass is 402 g/mol. The second kappa shape index (κ2) is 7.72. The topological polar surface area (TPSA) is 89.0 Å². The van der Waals surface area contributed by atoms with Crippen LogP contribution in [0, 0.1) is 0 Å². The van der Waals surface area contributed by atoms with Gasteiger partial charge in [0, 0.05) is 41.6 Å². The Morgan fingerprint density at radius 2 is 2.07 bits per heavy atom. The highest BCUT2D eigenvalue weighted by Gasteiger charge is 2.24. The summed E-state index contributed by atoms with van der Waals surface area (Å²) in [6.07, 6.45) is 5.24. The Morgan fingerprint density at radius 3 is 2.87 bits per heavy atom. The third-order valence-corrected chi connectivity index (χ3v) is 5.39. The van der Waals surface area contributed by atoms with E-state index in [1.807, 2.05) is 24.3 Å². The molecule has 0 bridgehead atoms. The van der Waals surface area contributed by atoms with Gasteiger partial charge in [-0.3, -0.25) is 10.1 Å². The van der Waals surface area contributed by atoms with E-state index in [9.17, 15) is 0 Å². The normalized spacial score (nSPS) is 16.7. The number of H-pyrrole nitrogens is 1. The van der Waals surface area contributed by atoms with Gasteiger partial charge >= 0.3 is 0 Å². The third kappa shape index (κ3) is 3.15. The molecule has 4 aromatic rings. The highest BCUT2D eigenvalue weighted by atomic mass is 16.5. The van der Waals surface area contributed by atoms with Crippen LogP contribution in [0.2, 0.25) is 0 Å². The number of pyridine rings is 3. The Kier molecular flexibility index (Phi) is 4.76. The summed E-state index contributed by atoms with van der Waals surface area (Å²) < 4.78 is 11.2. The second-order valence-electron chi connectivity index (χ2n) is 7.23. The first-order valence-corrected chi connectivity index (χ1v) is 9.89. The Bertz CT molecular complexity index is 1180. The average molecular weight is 402 g/mol. The molecule has 0 aromatic carbocycles. The molecule has 0 saturated carbocycles. The number of hydrogen-bond donors (Lipinski definition) is 1. The van der Waals surface area contributed by atoms with Crippen LogP contribution in [0.4, 0.5) is 5.82 Å². The van der Waals surface area contributed by atoms with Gasteiger partial charge in [-0.2, -0.15) is 5.10 Å². The van der Waals surface area contributed by atoms with Gasteiger partial charge in [-0.25, -0.2) is 9.97 Å². The zero-order valence-corrected chi connectivity index (χ0v) is 16.9. The summed E-state index contributed by atoms with van der Waals surface area (Å²) in [5.74, 6) is 1.46. The average Bonchev–Trinajstić information content (AvgIpc) is 3.33. The molecule has 1 saturated heterocycles. The van der Waals surface area contributed by atoms with E-state index in [4.69, 9.17) is 14.5 Å². The molecule has 1 fully saturated rings. The number of nitrogens with one attached hydrogen (secondary N) is 1. The van der Waals surface area contributed by atoms with Crippen molar-refractivity contribution in [2.24, 2.45) is 0 Å². The Hall–Kier alpha value is -3.52. The summed E-state index contributed by atoms with van der Waals surface area (Å²) in [5.41, 5.74) is 4.30. The number of anilines is 1. The largest absolute Gasteiger partial charge is 0.481 e. The molecule has 0 unspecified atom stereocenters. The number of ether oxygens (including phenoxy) is 2. The van der Waals surface area contributed by atoms with Crippen molar-refractivity contribution in [2.45, 2.75) is 13.0 Å². The zero-order valence-electron chi connectivity index (χ0n) is 16.9. The Labute approximate surface area is 173 Å².